The van der Waals surface area contributed by atoms with Gasteiger partial charge in [-0.1, -0.05) is 34.6 Å². The van der Waals surface area contributed by atoms with Crippen molar-refractivity contribution < 1.29 is 13.9 Å². The van der Waals surface area contributed by atoms with Crippen LogP contribution in [0.4, 0.5) is 0 Å². The number of thioether (sulfide) groups is 1. The van der Waals surface area contributed by atoms with Gasteiger partial charge in [0.15, 0.2) is 10.5 Å². The van der Waals surface area contributed by atoms with Crippen LogP contribution in [-0.2, 0) is 4.74 Å². The highest BCUT2D eigenvalue weighted by molar-refractivity contribution is 9.09. The Kier molecular flexibility index (Phi) is 5.11. The van der Waals surface area contributed by atoms with Crippen molar-refractivity contribution in [1.82, 2.24) is 0 Å². The van der Waals surface area contributed by atoms with Crippen LogP contribution in [0.2, 0.25) is 0 Å². The van der Waals surface area contributed by atoms with E-state index in [-0.39, 0.29) is 10.3 Å². The number of hydrogen-bond acceptors (Lipinski definition) is 5. The van der Waals surface area contributed by atoms with E-state index >= 15 is 0 Å². The van der Waals surface area contributed by atoms with E-state index in [0.29, 0.717) is 21.6 Å². The number of carbonyl (C=O) groups is 1. The van der Waals surface area contributed by atoms with Crippen molar-refractivity contribution >= 4 is 44.6 Å². The van der Waals surface area contributed by atoms with Crippen LogP contribution in [0.25, 0.3) is 11.0 Å². The number of halogens is 1. The molecule has 0 saturated heterocycles. The molecule has 2 rings (SSSR count). The van der Waals surface area contributed by atoms with Crippen LogP contribution in [0.5, 0.6) is 0 Å². The Morgan fingerprint density at radius 2 is 2.14 bits per heavy atom. The lowest BCUT2D eigenvalue weighted by molar-refractivity contribution is 0.0601. The maximum atomic E-state index is 12.3. The molecule has 1 aromatic heterocycles. The first-order valence-electron chi connectivity index (χ1n) is 6.45. The van der Waals surface area contributed by atoms with Gasteiger partial charge in [-0.25, -0.2) is 4.79 Å². The number of fused-ring (bicyclic) bond motifs is 1. The second-order valence-corrected chi connectivity index (χ2v) is 7.05. The zero-order valence-corrected chi connectivity index (χ0v) is 14.3. The summed E-state index contributed by atoms with van der Waals surface area (Å²) in [5, 5.41) is 0.967. The molecule has 1 atom stereocenters. The molecule has 0 amide bonds. The van der Waals surface area contributed by atoms with E-state index < -0.39 is 5.97 Å². The standard InChI is InChI=1S/C15H15BrO4S/c1-4-21-13-7-12(17)11-6-9(15(18)19-3)5-10(8(2)16)14(11)20-13/h5-8H,4H2,1-3H3. The van der Waals surface area contributed by atoms with E-state index in [0.717, 1.165) is 11.3 Å². The third-order valence-electron chi connectivity index (χ3n) is 2.97. The average molecular weight is 371 g/mol. The first-order chi connectivity index (χ1) is 9.97. The summed E-state index contributed by atoms with van der Waals surface area (Å²) in [5.41, 5.74) is 1.45. The summed E-state index contributed by atoms with van der Waals surface area (Å²) in [6.07, 6.45) is 0. The van der Waals surface area contributed by atoms with Crippen molar-refractivity contribution in [3.05, 3.63) is 39.5 Å². The number of benzene rings is 1. The molecule has 0 radical (unpaired) electrons. The third-order valence-corrected chi connectivity index (χ3v) is 4.24. The van der Waals surface area contributed by atoms with Crippen LogP contribution in [0.1, 0.15) is 34.6 Å². The highest BCUT2D eigenvalue weighted by Crippen LogP contribution is 2.32. The number of alkyl halides is 1. The van der Waals surface area contributed by atoms with Gasteiger partial charge < -0.3 is 9.15 Å². The molecule has 0 aliphatic rings. The summed E-state index contributed by atoms with van der Waals surface area (Å²) < 4.78 is 10.6. The van der Waals surface area contributed by atoms with Gasteiger partial charge in [-0.15, -0.1) is 0 Å². The predicted octanol–water partition coefficient (Wildman–Crippen LogP) is 4.15. The van der Waals surface area contributed by atoms with Gasteiger partial charge in [-0.05, 0) is 24.8 Å². The molecule has 2 aromatic rings. The molecule has 0 spiro atoms. The van der Waals surface area contributed by atoms with Crippen molar-refractivity contribution in [2.24, 2.45) is 0 Å². The monoisotopic (exact) mass is 370 g/mol. The van der Waals surface area contributed by atoms with Gasteiger partial charge in [0.05, 0.1) is 18.1 Å². The first kappa shape index (κ1) is 16.1. The quantitative estimate of drug-likeness (QED) is 0.459. The van der Waals surface area contributed by atoms with E-state index in [1.807, 2.05) is 13.8 Å². The van der Waals surface area contributed by atoms with Crippen LogP contribution >= 0.6 is 27.7 Å². The van der Waals surface area contributed by atoms with Crippen LogP contribution in [0, 0.1) is 0 Å². The highest BCUT2D eigenvalue weighted by atomic mass is 79.9. The maximum absolute atomic E-state index is 12.3. The molecular formula is C15H15BrO4S. The number of carbonyl (C=O) groups excluding carboxylic acids is 1. The Bertz CT molecular complexity index is 736. The molecule has 1 aromatic carbocycles. The Morgan fingerprint density at radius 1 is 1.43 bits per heavy atom. The van der Waals surface area contributed by atoms with Gasteiger partial charge in [-0.2, -0.15) is 0 Å². The Hall–Kier alpha value is -1.27. The normalized spacial score (nSPS) is 12.4. The molecule has 1 heterocycles. The highest BCUT2D eigenvalue weighted by Gasteiger charge is 2.17. The fourth-order valence-electron chi connectivity index (χ4n) is 2.01. The lowest BCUT2D eigenvalue weighted by atomic mass is 10.0. The number of ether oxygens (including phenoxy) is 1. The first-order valence-corrected chi connectivity index (χ1v) is 8.35. The fourth-order valence-corrected chi connectivity index (χ4v) is 2.96. The van der Waals surface area contributed by atoms with Crippen LogP contribution < -0.4 is 5.43 Å². The molecule has 21 heavy (non-hydrogen) atoms. The lowest BCUT2D eigenvalue weighted by Gasteiger charge is -2.11. The second-order valence-electron chi connectivity index (χ2n) is 4.41. The molecule has 0 aliphatic heterocycles. The van der Waals surface area contributed by atoms with Gasteiger partial charge in [0.25, 0.3) is 0 Å². The van der Waals surface area contributed by atoms with Crippen LogP contribution in [-0.4, -0.2) is 18.8 Å². The second kappa shape index (κ2) is 6.66. The zero-order chi connectivity index (χ0) is 15.6. The van der Waals surface area contributed by atoms with E-state index in [9.17, 15) is 9.59 Å². The summed E-state index contributed by atoms with van der Waals surface area (Å²) in [6.45, 7) is 3.90. The summed E-state index contributed by atoms with van der Waals surface area (Å²) >= 11 is 4.94. The molecule has 6 heteroatoms. The minimum Gasteiger partial charge on any atom is -0.465 e. The van der Waals surface area contributed by atoms with E-state index in [1.54, 1.807) is 6.07 Å². The SMILES string of the molecule is CCSc1cc(=O)c2cc(C(=O)OC)cc(C(C)Br)c2o1. The molecular weight excluding hydrogens is 356 g/mol. The van der Waals surface area contributed by atoms with Gasteiger partial charge >= 0.3 is 5.97 Å². The average Bonchev–Trinajstić information content (AvgIpc) is 2.45. The van der Waals surface area contributed by atoms with Crippen molar-refractivity contribution in [3.8, 4) is 0 Å². The smallest absolute Gasteiger partial charge is 0.337 e. The Balaban J connectivity index is 2.79. The fraction of sp³-hybridized carbons (Fsp3) is 0.333. The third kappa shape index (κ3) is 3.32. The summed E-state index contributed by atoms with van der Waals surface area (Å²) in [7, 11) is 1.31. The lowest BCUT2D eigenvalue weighted by Crippen LogP contribution is -2.07. The molecule has 0 bridgehead atoms. The van der Waals surface area contributed by atoms with Crippen molar-refractivity contribution in [2.75, 3.05) is 12.9 Å². The zero-order valence-electron chi connectivity index (χ0n) is 11.9. The van der Waals surface area contributed by atoms with Crippen LogP contribution in [0.3, 0.4) is 0 Å². The molecule has 0 fully saturated rings. The number of rotatable bonds is 4. The number of esters is 1. The largest absolute Gasteiger partial charge is 0.465 e. The number of hydrogen-bond donors (Lipinski definition) is 0. The minimum atomic E-state index is -0.474. The van der Waals surface area contributed by atoms with Gasteiger partial charge in [-0.3, -0.25) is 4.79 Å². The molecule has 4 nitrogen and oxygen atoms in total. The predicted molar refractivity (Wildman–Crippen MR) is 87.6 cm³/mol. The minimum absolute atomic E-state index is 0.0605. The Morgan fingerprint density at radius 3 is 2.71 bits per heavy atom. The summed E-state index contributed by atoms with van der Waals surface area (Å²) in [5.74, 6) is 0.339. The summed E-state index contributed by atoms with van der Waals surface area (Å²) in [6, 6.07) is 4.67. The maximum Gasteiger partial charge on any atom is 0.337 e. The van der Waals surface area contributed by atoms with Crippen molar-refractivity contribution in [1.29, 1.82) is 0 Å². The molecule has 1 unspecified atom stereocenters. The van der Waals surface area contributed by atoms with E-state index in [4.69, 9.17) is 9.15 Å². The molecule has 0 aliphatic carbocycles. The molecule has 112 valence electrons. The van der Waals surface area contributed by atoms with Gasteiger partial charge in [0.1, 0.15) is 5.58 Å². The van der Waals surface area contributed by atoms with Crippen molar-refractivity contribution in [3.63, 3.8) is 0 Å². The van der Waals surface area contributed by atoms with Gasteiger partial charge in [0, 0.05) is 16.5 Å². The Labute approximate surface area is 135 Å². The van der Waals surface area contributed by atoms with E-state index in [1.165, 1.54) is 31.0 Å². The van der Waals surface area contributed by atoms with Crippen molar-refractivity contribution in [2.45, 2.75) is 23.8 Å². The molecule has 0 saturated carbocycles. The molecule has 0 N–H and O–H groups in total. The van der Waals surface area contributed by atoms with Gasteiger partial charge in [0.2, 0.25) is 0 Å². The summed E-state index contributed by atoms with van der Waals surface area (Å²) in [4.78, 5) is 23.9. The van der Waals surface area contributed by atoms with E-state index in [2.05, 4.69) is 15.9 Å². The number of methoxy groups -OCH3 is 1. The topological polar surface area (TPSA) is 56.5 Å². The van der Waals surface area contributed by atoms with Crippen LogP contribution in [0.15, 0.2) is 32.5 Å².